The second-order valence-corrected chi connectivity index (χ2v) is 9.86. The van der Waals surface area contributed by atoms with Gasteiger partial charge in [-0.1, -0.05) is 25.5 Å². The number of carbonyl (C=O) groups is 1. The minimum Gasteiger partial charge on any atom is -0.494 e. The van der Waals surface area contributed by atoms with Gasteiger partial charge in [0.15, 0.2) is 0 Å². The molecule has 6 nitrogen and oxygen atoms in total. The number of amides is 1. The number of hydrogen-bond donors (Lipinski definition) is 2. The van der Waals surface area contributed by atoms with Gasteiger partial charge < -0.3 is 10.1 Å². The third kappa shape index (κ3) is 6.40. The van der Waals surface area contributed by atoms with Gasteiger partial charge in [-0.05, 0) is 66.8 Å². The third-order valence-corrected chi connectivity index (χ3v) is 6.91. The predicted molar refractivity (Wildman–Crippen MR) is 124 cm³/mol. The second kappa shape index (κ2) is 10.6. The van der Waals surface area contributed by atoms with E-state index in [1.807, 2.05) is 36.6 Å². The first-order valence-electron chi connectivity index (χ1n) is 10.1. The van der Waals surface area contributed by atoms with E-state index in [-0.39, 0.29) is 22.9 Å². The molecule has 0 unspecified atom stereocenters. The van der Waals surface area contributed by atoms with Crippen molar-refractivity contribution in [3.05, 3.63) is 76.0 Å². The zero-order valence-corrected chi connectivity index (χ0v) is 19.2. The highest BCUT2D eigenvalue weighted by atomic mass is 32.2. The fourth-order valence-electron chi connectivity index (χ4n) is 2.86. The Labute approximate surface area is 187 Å². The summed E-state index contributed by atoms with van der Waals surface area (Å²) in [5.41, 5.74) is 1.78. The Hall–Kier alpha value is -2.68. The molecule has 164 valence electrons. The molecule has 2 aromatic carbocycles. The number of sulfonamides is 1. The molecule has 1 amide bonds. The number of carbonyl (C=O) groups excluding carboxylic acids is 1. The van der Waals surface area contributed by atoms with Gasteiger partial charge in [-0.3, -0.25) is 4.79 Å². The van der Waals surface area contributed by atoms with Crippen LogP contribution in [0.4, 0.5) is 5.69 Å². The van der Waals surface area contributed by atoms with Crippen LogP contribution in [0.25, 0.3) is 0 Å². The van der Waals surface area contributed by atoms with Gasteiger partial charge in [-0.25, -0.2) is 13.1 Å². The number of nitrogens with one attached hydrogen (secondary N) is 2. The van der Waals surface area contributed by atoms with Crippen LogP contribution in [0.1, 0.15) is 40.6 Å². The van der Waals surface area contributed by atoms with E-state index in [0.717, 1.165) is 29.0 Å². The Balaban J connectivity index is 1.68. The first kappa shape index (κ1) is 23.0. The van der Waals surface area contributed by atoms with Gasteiger partial charge in [-0.15, -0.1) is 11.3 Å². The molecule has 8 heteroatoms. The molecule has 0 fully saturated rings. The Kier molecular flexibility index (Phi) is 7.84. The van der Waals surface area contributed by atoms with E-state index in [1.54, 1.807) is 18.2 Å². The number of aryl methyl sites for hydroxylation is 1. The first-order chi connectivity index (χ1) is 14.9. The average Bonchev–Trinajstić information content (AvgIpc) is 3.28. The Morgan fingerprint density at radius 2 is 1.94 bits per heavy atom. The predicted octanol–water partition coefficient (Wildman–Crippen LogP) is 4.97. The molecule has 3 aromatic rings. The number of hydrogen-bond acceptors (Lipinski definition) is 5. The Morgan fingerprint density at radius 3 is 2.65 bits per heavy atom. The molecule has 0 radical (unpaired) electrons. The molecular weight excluding hydrogens is 432 g/mol. The van der Waals surface area contributed by atoms with Crippen LogP contribution in [-0.2, 0) is 16.6 Å². The van der Waals surface area contributed by atoms with Gasteiger partial charge in [0.1, 0.15) is 5.75 Å². The standard InChI is InChI=1S/C23H26N2O4S2/c1-3-4-12-29-19-10-11-22(17(2)14-19)25-23(26)18-7-5-9-21(15-18)31(27,28)24-16-20-8-6-13-30-20/h5-11,13-15,24H,3-4,12,16H2,1-2H3,(H,25,26). The van der Waals surface area contributed by atoms with Crippen molar-refractivity contribution in [3.8, 4) is 5.75 Å². The highest BCUT2D eigenvalue weighted by Crippen LogP contribution is 2.23. The molecule has 0 atom stereocenters. The number of anilines is 1. The second-order valence-electron chi connectivity index (χ2n) is 7.06. The fraction of sp³-hybridized carbons (Fsp3) is 0.261. The summed E-state index contributed by atoms with van der Waals surface area (Å²) in [6.45, 7) is 4.86. The molecule has 1 heterocycles. The van der Waals surface area contributed by atoms with Crippen LogP contribution in [0.5, 0.6) is 5.75 Å². The van der Waals surface area contributed by atoms with Crippen molar-refractivity contribution in [1.29, 1.82) is 0 Å². The SMILES string of the molecule is CCCCOc1ccc(NC(=O)c2cccc(S(=O)(=O)NCc3cccs3)c2)c(C)c1. The van der Waals surface area contributed by atoms with Gasteiger partial charge in [0.05, 0.1) is 11.5 Å². The zero-order chi connectivity index (χ0) is 22.3. The number of rotatable bonds is 10. The summed E-state index contributed by atoms with van der Waals surface area (Å²) in [6.07, 6.45) is 2.05. The van der Waals surface area contributed by atoms with Crippen LogP contribution in [0.15, 0.2) is 64.9 Å². The molecular formula is C23H26N2O4S2. The molecule has 0 saturated heterocycles. The van der Waals surface area contributed by atoms with E-state index >= 15 is 0 Å². The Morgan fingerprint density at radius 1 is 1.10 bits per heavy atom. The Bertz CT molecular complexity index is 1130. The molecule has 0 aliphatic rings. The summed E-state index contributed by atoms with van der Waals surface area (Å²) in [7, 11) is -3.73. The lowest BCUT2D eigenvalue weighted by molar-refractivity contribution is 0.102. The van der Waals surface area contributed by atoms with Gasteiger partial charge >= 0.3 is 0 Å². The van der Waals surface area contributed by atoms with Gasteiger partial charge in [0.2, 0.25) is 10.0 Å². The largest absolute Gasteiger partial charge is 0.494 e. The normalized spacial score (nSPS) is 11.3. The average molecular weight is 459 g/mol. The smallest absolute Gasteiger partial charge is 0.255 e. The molecule has 3 rings (SSSR count). The summed E-state index contributed by atoms with van der Waals surface area (Å²) in [6, 6.07) is 15.2. The minimum atomic E-state index is -3.73. The van der Waals surface area contributed by atoms with E-state index in [4.69, 9.17) is 4.74 Å². The summed E-state index contributed by atoms with van der Waals surface area (Å²) in [4.78, 5) is 13.7. The number of thiophene rings is 1. The maximum atomic E-state index is 12.7. The molecule has 0 aliphatic carbocycles. The molecule has 1 aromatic heterocycles. The van der Waals surface area contributed by atoms with Crippen molar-refractivity contribution in [2.45, 2.75) is 38.1 Å². The van der Waals surface area contributed by atoms with E-state index in [2.05, 4.69) is 17.0 Å². The molecule has 0 aliphatic heterocycles. The molecule has 2 N–H and O–H groups in total. The van der Waals surface area contributed by atoms with Crippen LogP contribution >= 0.6 is 11.3 Å². The van der Waals surface area contributed by atoms with Crippen LogP contribution in [0, 0.1) is 6.92 Å². The van der Waals surface area contributed by atoms with E-state index in [9.17, 15) is 13.2 Å². The number of unbranched alkanes of at least 4 members (excludes halogenated alkanes) is 1. The number of benzene rings is 2. The van der Waals surface area contributed by atoms with Crippen molar-refractivity contribution in [1.82, 2.24) is 4.72 Å². The maximum Gasteiger partial charge on any atom is 0.255 e. The highest BCUT2D eigenvalue weighted by Gasteiger charge is 2.17. The molecule has 0 bridgehead atoms. The number of ether oxygens (including phenoxy) is 1. The highest BCUT2D eigenvalue weighted by molar-refractivity contribution is 7.89. The topological polar surface area (TPSA) is 84.5 Å². The minimum absolute atomic E-state index is 0.0492. The summed E-state index contributed by atoms with van der Waals surface area (Å²) in [5, 5.41) is 4.74. The lowest BCUT2D eigenvalue weighted by Gasteiger charge is -2.12. The van der Waals surface area contributed by atoms with Crippen molar-refractivity contribution in [3.63, 3.8) is 0 Å². The summed E-state index contributed by atoms with van der Waals surface area (Å²) >= 11 is 1.48. The van der Waals surface area contributed by atoms with Crippen molar-refractivity contribution in [2.24, 2.45) is 0 Å². The van der Waals surface area contributed by atoms with E-state index < -0.39 is 10.0 Å². The quantitative estimate of drug-likeness (QED) is 0.420. The van der Waals surface area contributed by atoms with Crippen LogP contribution in [0.3, 0.4) is 0 Å². The van der Waals surface area contributed by atoms with Crippen molar-refractivity contribution < 1.29 is 17.9 Å². The summed E-state index contributed by atoms with van der Waals surface area (Å²) < 4.78 is 33.5. The van der Waals surface area contributed by atoms with Gasteiger partial charge in [0.25, 0.3) is 5.91 Å². The monoisotopic (exact) mass is 458 g/mol. The van der Waals surface area contributed by atoms with E-state index in [1.165, 1.54) is 23.5 Å². The molecule has 0 saturated carbocycles. The van der Waals surface area contributed by atoms with Crippen LogP contribution in [-0.4, -0.2) is 20.9 Å². The van der Waals surface area contributed by atoms with Gasteiger partial charge in [-0.2, -0.15) is 0 Å². The van der Waals surface area contributed by atoms with Crippen LogP contribution < -0.4 is 14.8 Å². The lowest BCUT2D eigenvalue weighted by atomic mass is 10.1. The first-order valence-corrected chi connectivity index (χ1v) is 12.4. The summed E-state index contributed by atoms with van der Waals surface area (Å²) in [5.74, 6) is 0.381. The fourth-order valence-corrected chi connectivity index (χ4v) is 4.65. The lowest BCUT2D eigenvalue weighted by Crippen LogP contribution is -2.23. The zero-order valence-electron chi connectivity index (χ0n) is 17.6. The molecule has 0 spiro atoms. The molecule has 31 heavy (non-hydrogen) atoms. The maximum absolute atomic E-state index is 12.7. The van der Waals surface area contributed by atoms with Crippen molar-refractivity contribution >= 4 is 33.0 Å². The third-order valence-electron chi connectivity index (χ3n) is 4.64. The van der Waals surface area contributed by atoms with E-state index in [0.29, 0.717) is 12.3 Å². The van der Waals surface area contributed by atoms with Gasteiger partial charge in [0, 0.05) is 22.7 Å². The van der Waals surface area contributed by atoms with Crippen LogP contribution in [0.2, 0.25) is 0 Å². The van der Waals surface area contributed by atoms with Crippen molar-refractivity contribution in [2.75, 3.05) is 11.9 Å².